The maximum absolute atomic E-state index is 13.5. The van der Waals surface area contributed by atoms with E-state index >= 15 is 0 Å². The highest BCUT2D eigenvalue weighted by Crippen LogP contribution is 2.52. The van der Waals surface area contributed by atoms with Gasteiger partial charge in [0.25, 0.3) is 5.91 Å². The number of hydrogen-bond acceptors (Lipinski definition) is 4. The molecule has 1 saturated carbocycles. The molecule has 0 radical (unpaired) electrons. The van der Waals surface area contributed by atoms with Crippen molar-refractivity contribution in [2.45, 2.75) is 0 Å². The number of amides is 1. The molecule has 0 aromatic heterocycles. The molecule has 3 atom stereocenters. The summed E-state index contributed by atoms with van der Waals surface area (Å²) < 4.78 is 10.9. The number of methoxy groups -OCH3 is 2. The highest BCUT2D eigenvalue weighted by molar-refractivity contribution is 6.10. The van der Waals surface area contributed by atoms with Crippen molar-refractivity contribution >= 4 is 16.7 Å². The second-order valence-corrected chi connectivity index (χ2v) is 9.24. The molecule has 3 aromatic carbocycles. The van der Waals surface area contributed by atoms with Crippen LogP contribution in [-0.2, 0) is 0 Å². The van der Waals surface area contributed by atoms with Gasteiger partial charge in [-0.3, -0.25) is 4.79 Å². The minimum Gasteiger partial charge on any atom is -0.493 e. The first-order chi connectivity index (χ1) is 15.5. The van der Waals surface area contributed by atoms with Gasteiger partial charge in [0.1, 0.15) is 0 Å². The zero-order valence-electron chi connectivity index (χ0n) is 19.2. The van der Waals surface area contributed by atoms with Crippen LogP contribution in [0, 0.1) is 17.8 Å². The van der Waals surface area contributed by atoms with Crippen LogP contribution < -0.4 is 9.47 Å². The van der Waals surface area contributed by atoms with Gasteiger partial charge in [-0.2, -0.15) is 0 Å². The highest BCUT2D eigenvalue weighted by Gasteiger charge is 2.56. The van der Waals surface area contributed by atoms with Crippen LogP contribution in [0.1, 0.15) is 10.4 Å². The molecule has 1 unspecified atom stereocenters. The molecule has 5 nitrogen and oxygen atoms in total. The number of carbonyl (C=O) groups excluding carboxylic acids is 1. The Labute approximate surface area is 189 Å². The van der Waals surface area contributed by atoms with Gasteiger partial charge in [0.15, 0.2) is 11.5 Å². The molecule has 2 fully saturated rings. The molecule has 5 heteroatoms. The predicted octanol–water partition coefficient (Wildman–Crippen LogP) is 4.40. The maximum atomic E-state index is 13.5. The van der Waals surface area contributed by atoms with Crippen LogP contribution in [0.2, 0.25) is 0 Å². The fourth-order valence-electron chi connectivity index (χ4n) is 5.43. The summed E-state index contributed by atoms with van der Waals surface area (Å²) >= 11 is 0. The van der Waals surface area contributed by atoms with Crippen LogP contribution in [0.3, 0.4) is 0 Å². The monoisotopic (exact) mass is 430 g/mol. The van der Waals surface area contributed by atoms with Gasteiger partial charge in [0.05, 0.1) is 14.2 Å². The van der Waals surface area contributed by atoms with Gasteiger partial charge in [0, 0.05) is 25.2 Å². The van der Waals surface area contributed by atoms with Crippen LogP contribution in [-0.4, -0.2) is 63.7 Å². The molecular weight excluding hydrogens is 400 g/mol. The number of rotatable bonds is 6. The Morgan fingerprint density at radius 2 is 1.62 bits per heavy atom. The second-order valence-electron chi connectivity index (χ2n) is 9.24. The first-order valence-corrected chi connectivity index (χ1v) is 11.2. The fraction of sp³-hybridized carbons (Fsp3) is 0.370. The van der Waals surface area contributed by atoms with E-state index in [1.807, 2.05) is 36.4 Å². The lowest BCUT2D eigenvalue weighted by Gasteiger charge is -2.22. The summed E-state index contributed by atoms with van der Waals surface area (Å²) in [6, 6.07) is 18.2. The lowest BCUT2D eigenvalue weighted by molar-refractivity contribution is 0.0767. The third-order valence-electron chi connectivity index (χ3n) is 7.08. The number of likely N-dealkylation sites (tertiary alicyclic amines) is 1. The first kappa shape index (κ1) is 20.8. The zero-order chi connectivity index (χ0) is 22.4. The number of hydrogen-bond donors (Lipinski definition) is 0. The van der Waals surface area contributed by atoms with E-state index in [-0.39, 0.29) is 5.91 Å². The largest absolute Gasteiger partial charge is 0.493 e. The molecule has 1 amide bonds. The van der Waals surface area contributed by atoms with Gasteiger partial charge >= 0.3 is 0 Å². The van der Waals surface area contributed by atoms with Crippen LogP contribution in [0.15, 0.2) is 54.6 Å². The molecule has 0 N–H and O–H groups in total. The van der Waals surface area contributed by atoms with Gasteiger partial charge in [-0.15, -0.1) is 0 Å². The van der Waals surface area contributed by atoms with E-state index in [0.717, 1.165) is 53.0 Å². The van der Waals surface area contributed by atoms with Crippen molar-refractivity contribution in [2.75, 3.05) is 47.9 Å². The van der Waals surface area contributed by atoms with Crippen molar-refractivity contribution in [3.8, 4) is 22.6 Å². The Bertz CT molecular complexity index is 1160. The van der Waals surface area contributed by atoms with Crippen LogP contribution in [0.4, 0.5) is 0 Å². The van der Waals surface area contributed by atoms with Crippen molar-refractivity contribution in [2.24, 2.45) is 17.8 Å². The van der Waals surface area contributed by atoms with Crippen molar-refractivity contribution in [3.05, 3.63) is 60.2 Å². The van der Waals surface area contributed by atoms with Crippen LogP contribution in [0.25, 0.3) is 21.9 Å². The van der Waals surface area contributed by atoms with Gasteiger partial charge in [0.2, 0.25) is 0 Å². The van der Waals surface area contributed by atoms with E-state index < -0.39 is 0 Å². The minimum atomic E-state index is 0.149. The number of piperidine rings is 1. The van der Waals surface area contributed by atoms with Crippen molar-refractivity contribution in [3.63, 3.8) is 0 Å². The maximum Gasteiger partial charge on any atom is 0.254 e. The Kier molecular flexibility index (Phi) is 5.30. The van der Waals surface area contributed by atoms with Crippen molar-refractivity contribution < 1.29 is 14.3 Å². The van der Waals surface area contributed by atoms with E-state index in [1.54, 1.807) is 14.2 Å². The van der Waals surface area contributed by atoms with E-state index in [2.05, 4.69) is 42.1 Å². The van der Waals surface area contributed by atoms with Crippen molar-refractivity contribution in [1.29, 1.82) is 0 Å². The minimum absolute atomic E-state index is 0.149. The number of carbonyl (C=O) groups is 1. The molecule has 166 valence electrons. The van der Waals surface area contributed by atoms with Crippen molar-refractivity contribution in [1.82, 2.24) is 9.80 Å². The lowest BCUT2D eigenvalue weighted by atomic mass is 9.95. The quantitative estimate of drug-likeness (QED) is 0.581. The average molecular weight is 431 g/mol. The van der Waals surface area contributed by atoms with Gasteiger partial charge < -0.3 is 19.3 Å². The second kappa shape index (κ2) is 8.14. The Hall–Kier alpha value is -3.05. The summed E-state index contributed by atoms with van der Waals surface area (Å²) in [5.74, 6) is 3.62. The summed E-state index contributed by atoms with van der Waals surface area (Å²) in [6.07, 6.45) is 0. The molecule has 32 heavy (non-hydrogen) atoms. The van der Waals surface area contributed by atoms with E-state index in [0.29, 0.717) is 23.3 Å². The SMILES string of the molecule is COc1ccc(-c2cccc3c(C(=O)N4C[C@@H]5C(CN(C)C)[C@@H]5C4)cccc23)cc1OC. The first-order valence-electron chi connectivity index (χ1n) is 11.2. The number of fused-ring (bicyclic) bond motifs is 2. The Balaban J connectivity index is 1.45. The summed E-state index contributed by atoms with van der Waals surface area (Å²) in [5.41, 5.74) is 2.90. The summed E-state index contributed by atoms with van der Waals surface area (Å²) in [6.45, 7) is 2.89. The van der Waals surface area contributed by atoms with E-state index in [9.17, 15) is 4.79 Å². The normalized spacial score (nSPS) is 21.7. The summed E-state index contributed by atoms with van der Waals surface area (Å²) in [4.78, 5) is 17.8. The fourth-order valence-corrected chi connectivity index (χ4v) is 5.43. The summed E-state index contributed by atoms with van der Waals surface area (Å²) in [5, 5.41) is 2.07. The summed E-state index contributed by atoms with van der Waals surface area (Å²) in [7, 11) is 7.54. The molecule has 3 aromatic rings. The third kappa shape index (κ3) is 3.51. The zero-order valence-corrected chi connectivity index (χ0v) is 19.2. The predicted molar refractivity (Wildman–Crippen MR) is 127 cm³/mol. The molecule has 1 aliphatic carbocycles. The van der Waals surface area contributed by atoms with Crippen LogP contribution in [0.5, 0.6) is 11.5 Å². The highest BCUT2D eigenvalue weighted by atomic mass is 16.5. The van der Waals surface area contributed by atoms with Gasteiger partial charge in [-0.05, 0) is 71.9 Å². The number of nitrogens with zero attached hydrogens (tertiary/aromatic N) is 2. The Morgan fingerprint density at radius 1 is 0.938 bits per heavy atom. The van der Waals surface area contributed by atoms with Gasteiger partial charge in [-0.25, -0.2) is 0 Å². The molecule has 1 aliphatic heterocycles. The standard InChI is InChI=1S/C27H30N2O3/c1-28(2)14-22-23-15-29(16-24(22)23)27(30)21-10-6-8-19-18(7-5-9-20(19)21)17-11-12-25(31-3)26(13-17)32-4/h5-13,22-24H,14-16H2,1-4H3/t22?,23-,24+. The average Bonchev–Trinajstić information content (AvgIpc) is 3.23. The van der Waals surface area contributed by atoms with Gasteiger partial charge in [-0.1, -0.05) is 36.4 Å². The van der Waals surface area contributed by atoms with E-state index in [4.69, 9.17) is 9.47 Å². The molecular formula is C27H30N2O3. The number of benzene rings is 3. The molecule has 0 bridgehead atoms. The van der Waals surface area contributed by atoms with E-state index in [1.165, 1.54) is 0 Å². The van der Waals surface area contributed by atoms with Crippen LogP contribution >= 0.6 is 0 Å². The molecule has 0 spiro atoms. The number of ether oxygens (including phenoxy) is 2. The third-order valence-corrected chi connectivity index (χ3v) is 7.08. The lowest BCUT2D eigenvalue weighted by Crippen LogP contribution is -2.33. The molecule has 1 heterocycles. The molecule has 1 saturated heterocycles. The Morgan fingerprint density at radius 3 is 2.31 bits per heavy atom. The molecule has 5 rings (SSSR count). The smallest absolute Gasteiger partial charge is 0.254 e. The topological polar surface area (TPSA) is 42.0 Å². The molecule has 2 aliphatic rings.